The van der Waals surface area contributed by atoms with Gasteiger partial charge in [-0.1, -0.05) is 37.3 Å². The predicted molar refractivity (Wildman–Crippen MR) is 97.3 cm³/mol. The number of ether oxygens (including phenoxy) is 1. The third-order valence-corrected chi connectivity index (χ3v) is 4.00. The summed E-state index contributed by atoms with van der Waals surface area (Å²) in [7, 11) is 0. The second-order valence-corrected chi connectivity index (χ2v) is 5.87. The summed E-state index contributed by atoms with van der Waals surface area (Å²) in [6.07, 6.45) is 2.75. The number of nitrogens with zero attached hydrogens (tertiary/aromatic N) is 1. The SMILES string of the molecule is CC[C@H](C)Oc1ccc(/C=C2/NC(=O)N(c3ccccc3)C2=O)cc1. The number of urea groups is 1. The molecule has 0 aromatic heterocycles. The van der Waals surface area contributed by atoms with E-state index in [2.05, 4.69) is 12.2 Å². The van der Waals surface area contributed by atoms with Gasteiger partial charge in [-0.15, -0.1) is 0 Å². The zero-order chi connectivity index (χ0) is 17.8. The molecule has 25 heavy (non-hydrogen) atoms. The van der Waals surface area contributed by atoms with Gasteiger partial charge in [0.25, 0.3) is 5.91 Å². The molecule has 1 atom stereocenters. The number of amides is 3. The van der Waals surface area contributed by atoms with Crippen molar-refractivity contribution in [1.82, 2.24) is 5.32 Å². The number of carbonyl (C=O) groups is 2. The minimum atomic E-state index is -0.445. The molecule has 1 saturated heterocycles. The number of hydrogen-bond acceptors (Lipinski definition) is 3. The highest BCUT2D eigenvalue weighted by Gasteiger charge is 2.34. The topological polar surface area (TPSA) is 58.6 Å². The van der Waals surface area contributed by atoms with Crippen LogP contribution in [0, 0.1) is 0 Å². The zero-order valence-electron chi connectivity index (χ0n) is 14.2. The van der Waals surface area contributed by atoms with Crippen LogP contribution in [0.15, 0.2) is 60.3 Å². The van der Waals surface area contributed by atoms with Gasteiger partial charge in [0.15, 0.2) is 0 Å². The minimum Gasteiger partial charge on any atom is -0.491 e. The van der Waals surface area contributed by atoms with Crippen LogP contribution in [-0.2, 0) is 4.79 Å². The van der Waals surface area contributed by atoms with E-state index < -0.39 is 6.03 Å². The second-order valence-electron chi connectivity index (χ2n) is 5.87. The second kappa shape index (κ2) is 7.21. The smallest absolute Gasteiger partial charge is 0.333 e. The van der Waals surface area contributed by atoms with Crippen LogP contribution in [0.5, 0.6) is 5.75 Å². The van der Waals surface area contributed by atoms with E-state index in [1.54, 1.807) is 30.3 Å². The normalized spacial score (nSPS) is 16.9. The molecule has 5 heteroatoms. The molecule has 3 rings (SSSR count). The maximum absolute atomic E-state index is 12.5. The molecule has 2 aromatic rings. The Morgan fingerprint density at radius 1 is 1.08 bits per heavy atom. The molecule has 1 aliphatic rings. The third kappa shape index (κ3) is 3.71. The van der Waals surface area contributed by atoms with E-state index in [1.165, 1.54) is 0 Å². The van der Waals surface area contributed by atoms with Crippen LogP contribution in [0.4, 0.5) is 10.5 Å². The lowest BCUT2D eigenvalue weighted by molar-refractivity contribution is -0.113. The summed E-state index contributed by atoms with van der Waals surface area (Å²) in [6.45, 7) is 4.08. The summed E-state index contributed by atoms with van der Waals surface area (Å²) < 4.78 is 5.74. The molecule has 0 saturated carbocycles. The molecular weight excluding hydrogens is 316 g/mol. The van der Waals surface area contributed by atoms with Crippen molar-refractivity contribution in [2.75, 3.05) is 4.90 Å². The fraction of sp³-hybridized carbons (Fsp3) is 0.200. The Labute approximate surface area is 146 Å². The molecule has 3 amide bonds. The van der Waals surface area contributed by atoms with Crippen molar-refractivity contribution in [3.8, 4) is 5.75 Å². The van der Waals surface area contributed by atoms with Gasteiger partial charge in [-0.3, -0.25) is 4.79 Å². The van der Waals surface area contributed by atoms with E-state index in [1.807, 2.05) is 37.3 Å². The predicted octanol–water partition coefficient (Wildman–Crippen LogP) is 3.96. The molecule has 5 nitrogen and oxygen atoms in total. The van der Waals surface area contributed by atoms with Gasteiger partial charge in [0.05, 0.1) is 11.8 Å². The van der Waals surface area contributed by atoms with Crippen LogP contribution < -0.4 is 15.0 Å². The molecule has 1 fully saturated rings. The number of benzene rings is 2. The molecule has 0 spiro atoms. The fourth-order valence-electron chi connectivity index (χ4n) is 2.47. The van der Waals surface area contributed by atoms with Crippen LogP contribution in [0.1, 0.15) is 25.8 Å². The minimum absolute atomic E-state index is 0.152. The summed E-state index contributed by atoms with van der Waals surface area (Å²) in [4.78, 5) is 25.8. The van der Waals surface area contributed by atoms with Crippen molar-refractivity contribution in [3.63, 3.8) is 0 Å². The molecule has 0 aliphatic carbocycles. The van der Waals surface area contributed by atoms with Crippen LogP contribution in [0.2, 0.25) is 0 Å². The lowest BCUT2D eigenvalue weighted by Crippen LogP contribution is -2.30. The van der Waals surface area contributed by atoms with Gasteiger partial charge >= 0.3 is 6.03 Å². The molecule has 2 aromatic carbocycles. The molecule has 1 N–H and O–H groups in total. The zero-order valence-corrected chi connectivity index (χ0v) is 14.2. The lowest BCUT2D eigenvalue weighted by atomic mass is 10.1. The Morgan fingerprint density at radius 3 is 2.40 bits per heavy atom. The quantitative estimate of drug-likeness (QED) is 0.664. The maximum atomic E-state index is 12.5. The van der Waals surface area contributed by atoms with Crippen LogP contribution in [0.3, 0.4) is 0 Å². The van der Waals surface area contributed by atoms with E-state index in [9.17, 15) is 9.59 Å². The first-order valence-electron chi connectivity index (χ1n) is 8.27. The molecule has 0 unspecified atom stereocenters. The molecule has 0 bridgehead atoms. The van der Waals surface area contributed by atoms with Crippen LogP contribution in [0.25, 0.3) is 6.08 Å². The molecule has 1 heterocycles. The largest absolute Gasteiger partial charge is 0.491 e. The van der Waals surface area contributed by atoms with Gasteiger partial charge in [0, 0.05) is 0 Å². The van der Waals surface area contributed by atoms with E-state index in [4.69, 9.17) is 4.74 Å². The third-order valence-electron chi connectivity index (χ3n) is 4.00. The van der Waals surface area contributed by atoms with Gasteiger partial charge < -0.3 is 10.1 Å². The summed E-state index contributed by atoms with van der Waals surface area (Å²) in [5.74, 6) is 0.417. The fourth-order valence-corrected chi connectivity index (χ4v) is 2.47. The van der Waals surface area contributed by atoms with Crippen molar-refractivity contribution >= 4 is 23.7 Å². The van der Waals surface area contributed by atoms with E-state index in [0.717, 1.165) is 22.6 Å². The van der Waals surface area contributed by atoms with Gasteiger partial charge in [-0.2, -0.15) is 0 Å². The maximum Gasteiger partial charge on any atom is 0.333 e. The molecule has 0 radical (unpaired) electrons. The highest BCUT2D eigenvalue weighted by atomic mass is 16.5. The first kappa shape index (κ1) is 16.8. The number of hydrogen-bond donors (Lipinski definition) is 1. The molecule has 1 aliphatic heterocycles. The van der Waals surface area contributed by atoms with Crippen molar-refractivity contribution in [1.29, 1.82) is 0 Å². The summed E-state index contributed by atoms with van der Waals surface area (Å²) in [6, 6.07) is 15.8. The van der Waals surface area contributed by atoms with Gasteiger partial charge in [0.2, 0.25) is 0 Å². The number of carbonyl (C=O) groups excluding carboxylic acids is 2. The van der Waals surface area contributed by atoms with Gasteiger partial charge in [0.1, 0.15) is 11.4 Å². The number of rotatable bonds is 5. The van der Waals surface area contributed by atoms with Gasteiger partial charge in [-0.05, 0) is 49.2 Å². The molecule has 128 valence electrons. The number of nitrogens with one attached hydrogen (secondary N) is 1. The van der Waals surface area contributed by atoms with Crippen molar-refractivity contribution in [3.05, 3.63) is 65.9 Å². The lowest BCUT2D eigenvalue weighted by Gasteiger charge is -2.12. The summed E-state index contributed by atoms with van der Waals surface area (Å²) in [5.41, 5.74) is 1.62. The first-order valence-corrected chi connectivity index (χ1v) is 8.27. The summed E-state index contributed by atoms with van der Waals surface area (Å²) in [5, 5.41) is 2.62. The Bertz CT molecular complexity index is 797. The van der Waals surface area contributed by atoms with Crippen molar-refractivity contribution < 1.29 is 14.3 Å². The van der Waals surface area contributed by atoms with E-state index >= 15 is 0 Å². The van der Waals surface area contributed by atoms with Crippen molar-refractivity contribution in [2.24, 2.45) is 0 Å². The first-order chi connectivity index (χ1) is 12.1. The number of imide groups is 1. The van der Waals surface area contributed by atoms with Gasteiger partial charge in [-0.25, -0.2) is 9.69 Å². The average Bonchev–Trinajstić information content (AvgIpc) is 2.90. The van der Waals surface area contributed by atoms with E-state index in [-0.39, 0.29) is 17.7 Å². The summed E-state index contributed by atoms with van der Waals surface area (Å²) >= 11 is 0. The Balaban J connectivity index is 1.78. The highest BCUT2D eigenvalue weighted by Crippen LogP contribution is 2.22. The number of anilines is 1. The van der Waals surface area contributed by atoms with Crippen LogP contribution >= 0.6 is 0 Å². The monoisotopic (exact) mass is 336 g/mol. The Kier molecular flexibility index (Phi) is 4.84. The Hall–Kier alpha value is -3.08. The molecular formula is C20H20N2O3. The highest BCUT2D eigenvalue weighted by molar-refractivity contribution is 6.28. The van der Waals surface area contributed by atoms with E-state index in [0.29, 0.717) is 5.69 Å². The van der Waals surface area contributed by atoms with Crippen molar-refractivity contribution in [2.45, 2.75) is 26.4 Å². The Morgan fingerprint density at radius 2 is 1.76 bits per heavy atom. The van der Waals surface area contributed by atoms with Crippen LogP contribution in [-0.4, -0.2) is 18.0 Å². The number of para-hydroxylation sites is 1. The average molecular weight is 336 g/mol. The standard InChI is InChI=1S/C20H20N2O3/c1-3-14(2)25-17-11-9-15(10-12-17)13-18-19(23)22(20(24)21-18)16-7-5-4-6-8-16/h4-14H,3H2,1-2H3,(H,21,24)/b18-13+/t14-/m0/s1.